The van der Waals surface area contributed by atoms with Gasteiger partial charge in [0, 0.05) is 41.5 Å². The highest BCUT2D eigenvalue weighted by Crippen LogP contribution is 2.31. The van der Waals surface area contributed by atoms with Crippen LogP contribution in [0, 0.1) is 0 Å². The summed E-state index contributed by atoms with van der Waals surface area (Å²) in [5.41, 5.74) is 1.58. The molecule has 2 rings (SSSR count). The van der Waals surface area contributed by atoms with E-state index in [0.717, 1.165) is 17.3 Å². The average molecular weight is 300 g/mol. The Kier molecular flexibility index (Phi) is 4.61. The molecule has 0 amide bonds. The van der Waals surface area contributed by atoms with E-state index in [9.17, 15) is 9.00 Å². The molecule has 1 saturated heterocycles. The van der Waals surface area contributed by atoms with E-state index >= 15 is 0 Å². The largest absolute Gasteiger partial charge is 0.478 e. The summed E-state index contributed by atoms with van der Waals surface area (Å²) < 4.78 is 11.4. The Morgan fingerprint density at radius 2 is 2.05 bits per heavy atom. The lowest BCUT2D eigenvalue weighted by Gasteiger charge is -2.30. The minimum atomic E-state index is -0.995. The van der Waals surface area contributed by atoms with Crippen LogP contribution >= 0.6 is 11.6 Å². The van der Waals surface area contributed by atoms with Crippen molar-refractivity contribution in [3.8, 4) is 0 Å². The maximum Gasteiger partial charge on any atom is 0.328 e. The molecule has 19 heavy (non-hydrogen) atoms. The minimum Gasteiger partial charge on any atom is -0.478 e. The third-order valence-electron chi connectivity index (χ3n) is 2.92. The van der Waals surface area contributed by atoms with Gasteiger partial charge in [-0.3, -0.25) is 4.21 Å². The third-order valence-corrected chi connectivity index (χ3v) is 4.50. The molecule has 0 spiro atoms. The molecule has 1 heterocycles. The van der Waals surface area contributed by atoms with Gasteiger partial charge >= 0.3 is 5.97 Å². The molecule has 1 aromatic carbocycles. The minimum absolute atomic E-state index is 0.584. The molecule has 6 heteroatoms. The number of nitrogens with zero attached hydrogens (tertiary/aromatic N) is 1. The smallest absolute Gasteiger partial charge is 0.328 e. The summed E-state index contributed by atoms with van der Waals surface area (Å²) in [6, 6.07) is 5.39. The molecule has 1 aliphatic rings. The SMILES string of the molecule is O=C(O)/C=C/c1cccc(Cl)c1N1CCS(=O)CC1. The fourth-order valence-electron chi connectivity index (χ4n) is 2.02. The maximum atomic E-state index is 11.4. The van der Waals surface area contributed by atoms with Crippen molar-refractivity contribution >= 4 is 40.1 Å². The molecular formula is C13H14ClNO3S. The summed E-state index contributed by atoms with van der Waals surface area (Å²) in [5.74, 6) is 0.242. The first-order valence-electron chi connectivity index (χ1n) is 5.87. The number of rotatable bonds is 3. The van der Waals surface area contributed by atoms with Crippen molar-refractivity contribution in [2.24, 2.45) is 0 Å². The number of carboxylic acid groups (broad SMARTS) is 1. The van der Waals surface area contributed by atoms with E-state index in [2.05, 4.69) is 4.90 Å². The average Bonchev–Trinajstić information content (AvgIpc) is 2.38. The highest BCUT2D eigenvalue weighted by molar-refractivity contribution is 7.85. The van der Waals surface area contributed by atoms with E-state index < -0.39 is 16.8 Å². The number of hydrogen-bond acceptors (Lipinski definition) is 3. The highest BCUT2D eigenvalue weighted by Gasteiger charge is 2.19. The number of para-hydroxylation sites is 1. The second-order valence-electron chi connectivity index (χ2n) is 4.18. The molecule has 1 N–H and O–H groups in total. The van der Waals surface area contributed by atoms with Gasteiger partial charge in [0.1, 0.15) is 0 Å². The molecule has 0 aliphatic carbocycles. The van der Waals surface area contributed by atoms with Gasteiger partial charge in [-0.1, -0.05) is 23.7 Å². The van der Waals surface area contributed by atoms with Gasteiger partial charge in [0.15, 0.2) is 0 Å². The first-order valence-corrected chi connectivity index (χ1v) is 7.74. The number of carbonyl (C=O) groups is 1. The van der Waals surface area contributed by atoms with Crippen LogP contribution in [-0.4, -0.2) is 39.9 Å². The van der Waals surface area contributed by atoms with Crippen LogP contribution in [-0.2, 0) is 15.6 Å². The molecule has 4 nitrogen and oxygen atoms in total. The molecular weight excluding hydrogens is 286 g/mol. The van der Waals surface area contributed by atoms with Crippen molar-refractivity contribution in [1.82, 2.24) is 0 Å². The standard InChI is InChI=1S/C13H14ClNO3S/c14-11-3-1-2-10(4-5-12(16)17)13(11)15-6-8-19(18)9-7-15/h1-5H,6-9H2,(H,16,17)/b5-4+. The molecule has 0 radical (unpaired) electrons. The summed E-state index contributed by atoms with van der Waals surface area (Å²) in [7, 11) is -0.756. The molecule has 102 valence electrons. The Balaban J connectivity index is 2.32. The van der Waals surface area contributed by atoms with E-state index in [0.29, 0.717) is 29.6 Å². The molecule has 1 fully saturated rings. The van der Waals surface area contributed by atoms with Crippen molar-refractivity contribution in [1.29, 1.82) is 0 Å². The lowest BCUT2D eigenvalue weighted by atomic mass is 10.1. The summed E-state index contributed by atoms with van der Waals surface area (Å²) in [6.45, 7) is 1.34. The van der Waals surface area contributed by atoms with Crippen LogP contribution < -0.4 is 4.90 Å². The van der Waals surface area contributed by atoms with Crippen molar-refractivity contribution in [2.75, 3.05) is 29.5 Å². The number of carboxylic acids is 1. The topological polar surface area (TPSA) is 57.6 Å². The molecule has 0 bridgehead atoms. The number of benzene rings is 1. The van der Waals surface area contributed by atoms with Crippen molar-refractivity contribution in [2.45, 2.75) is 0 Å². The van der Waals surface area contributed by atoms with Crippen molar-refractivity contribution < 1.29 is 14.1 Å². The third kappa shape index (κ3) is 3.58. The first kappa shape index (κ1) is 14.1. The number of aliphatic carboxylic acids is 1. The van der Waals surface area contributed by atoms with Gasteiger partial charge in [0.05, 0.1) is 10.7 Å². The van der Waals surface area contributed by atoms with Crippen LogP contribution in [0.25, 0.3) is 6.08 Å². The second kappa shape index (κ2) is 6.21. The van der Waals surface area contributed by atoms with Crippen LogP contribution in [0.3, 0.4) is 0 Å². The van der Waals surface area contributed by atoms with Crippen LogP contribution in [0.5, 0.6) is 0 Å². The van der Waals surface area contributed by atoms with Crippen LogP contribution in [0.4, 0.5) is 5.69 Å². The zero-order valence-electron chi connectivity index (χ0n) is 10.2. The Morgan fingerprint density at radius 3 is 2.68 bits per heavy atom. The summed E-state index contributed by atoms with van der Waals surface area (Å²) in [6.07, 6.45) is 2.63. The van der Waals surface area contributed by atoms with Crippen molar-refractivity contribution in [3.63, 3.8) is 0 Å². The Hall–Kier alpha value is -1.33. The Bertz CT molecular complexity index is 535. The fraction of sp³-hybridized carbons (Fsp3) is 0.308. The number of halogens is 1. The first-order chi connectivity index (χ1) is 9.08. The highest BCUT2D eigenvalue weighted by atomic mass is 35.5. The van der Waals surface area contributed by atoms with Gasteiger partial charge < -0.3 is 10.0 Å². The Labute approximate surface area is 119 Å². The lowest BCUT2D eigenvalue weighted by Crippen LogP contribution is -2.38. The fourth-order valence-corrected chi connectivity index (χ4v) is 3.38. The second-order valence-corrected chi connectivity index (χ2v) is 6.29. The van der Waals surface area contributed by atoms with Gasteiger partial charge in [-0.25, -0.2) is 4.79 Å². The van der Waals surface area contributed by atoms with Crippen LogP contribution in [0.2, 0.25) is 5.02 Å². The van der Waals surface area contributed by atoms with Gasteiger partial charge in [-0.05, 0) is 17.7 Å². The molecule has 0 saturated carbocycles. The molecule has 1 aliphatic heterocycles. The lowest BCUT2D eigenvalue weighted by molar-refractivity contribution is -0.131. The molecule has 0 atom stereocenters. The van der Waals surface area contributed by atoms with Gasteiger partial charge in [-0.2, -0.15) is 0 Å². The van der Waals surface area contributed by atoms with Crippen LogP contribution in [0.1, 0.15) is 5.56 Å². The zero-order valence-corrected chi connectivity index (χ0v) is 11.8. The van der Waals surface area contributed by atoms with E-state index in [1.165, 1.54) is 6.08 Å². The summed E-state index contributed by atoms with van der Waals surface area (Å²) >= 11 is 6.22. The summed E-state index contributed by atoms with van der Waals surface area (Å²) in [5, 5.41) is 9.29. The van der Waals surface area contributed by atoms with Crippen LogP contribution in [0.15, 0.2) is 24.3 Å². The van der Waals surface area contributed by atoms with E-state index in [4.69, 9.17) is 16.7 Å². The van der Waals surface area contributed by atoms with E-state index in [-0.39, 0.29) is 0 Å². The predicted octanol–water partition coefficient (Wildman–Crippen LogP) is 2.01. The molecule has 0 aromatic heterocycles. The summed E-state index contributed by atoms with van der Waals surface area (Å²) in [4.78, 5) is 12.7. The maximum absolute atomic E-state index is 11.4. The Morgan fingerprint density at radius 1 is 1.37 bits per heavy atom. The van der Waals surface area contributed by atoms with Crippen molar-refractivity contribution in [3.05, 3.63) is 34.9 Å². The molecule has 0 unspecified atom stereocenters. The van der Waals surface area contributed by atoms with E-state index in [1.807, 2.05) is 6.07 Å². The van der Waals surface area contributed by atoms with Gasteiger partial charge in [0.2, 0.25) is 0 Å². The quantitative estimate of drug-likeness (QED) is 0.868. The van der Waals surface area contributed by atoms with E-state index in [1.54, 1.807) is 12.1 Å². The molecule has 1 aromatic rings. The number of hydrogen-bond donors (Lipinski definition) is 1. The normalized spacial score (nSPS) is 17.0. The monoisotopic (exact) mass is 299 g/mol. The van der Waals surface area contributed by atoms with Gasteiger partial charge in [0.25, 0.3) is 0 Å². The predicted molar refractivity (Wildman–Crippen MR) is 78.2 cm³/mol. The van der Waals surface area contributed by atoms with Gasteiger partial charge in [-0.15, -0.1) is 0 Å². The number of anilines is 1. The zero-order chi connectivity index (χ0) is 13.8.